The fourth-order valence-electron chi connectivity index (χ4n) is 2.24. The maximum Gasteiger partial charge on any atom is 0.332 e. The normalized spacial score (nSPS) is 30.4. The van der Waals surface area contributed by atoms with Crippen molar-refractivity contribution in [1.29, 1.82) is 0 Å². The topological polar surface area (TPSA) is 87.7 Å². The van der Waals surface area contributed by atoms with Crippen molar-refractivity contribution in [3.05, 3.63) is 0 Å². The Morgan fingerprint density at radius 1 is 1.24 bits per heavy atom. The van der Waals surface area contributed by atoms with Crippen molar-refractivity contribution in [2.24, 2.45) is 0 Å². The lowest BCUT2D eigenvalue weighted by atomic mass is 9.79. The van der Waals surface area contributed by atoms with Gasteiger partial charge in [0.25, 0.3) is 0 Å². The third-order valence-corrected chi connectivity index (χ3v) is 3.66. The predicted molar refractivity (Wildman–Crippen MR) is 59.7 cm³/mol. The van der Waals surface area contributed by atoms with Gasteiger partial charge in [-0.1, -0.05) is 0 Å². The number of nitrogens with one attached hydrogen (secondary N) is 2. The quantitative estimate of drug-likeness (QED) is 0.671. The van der Waals surface area contributed by atoms with E-state index < -0.39 is 17.5 Å². The van der Waals surface area contributed by atoms with Crippen LogP contribution in [0.1, 0.15) is 32.6 Å². The largest absolute Gasteiger partial charge is 0.479 e. The molecule has 3 N–H and O–H groups in total. The van der Waals surface area contributed by atoms with Crippen LogP contribution in [0.15, 0.2) is 0 Å². The van der Waals surface area contributed by atoms with Gasteiger partial charge in [0, 0.05) is 18.6 Å². The summed E-state index contributed by atoms with van der Waals surface area (Å²) < 4.78 is 5.07. The second-order valence-electron chi connectivity index (χ2n) is 5.18. The van der Waals surface area contributed by atoms with Gasteiger partial charge < -0.3 is 20.5 Å². The first-order chi connectivity index (χ1) is 7.96. The highest BCUT2D eigenvalue weighted by molar-refractivity contribution is 5.87. The van der Waals surface area contributed by atoms with Crippen molar-refractivity contribution in [2.75, 3.05) is 13.2 Å². The first-order valence-electron chi connectivity index (χ1n) is 5.87. The first kappa shape index (κ1) is 12.2. The van der Waals surface area contributed by atoms with Gasteiger partial charge in [-0.05, 0) is 26.2 Å². The van der Waals surface area contributed by atoms with Gasteiger partial charge in [-0.15, -0.1) is 0 Å². The summed E-state index contributed by atoms with van der Waals surface area (Å²) in [7, 11) is 0. The summed E-state index contributed by atoms with van der Waals surface area (Å²) in [5, 5.41) is 14.5. The summed E-state index contributed by atoms with van der Waals surface area (Å²) in [5.74, 6) is -1.04. The zero-order valence-electron chi connectivity index (χ0n) is 9.91. The molecule has 2 amide bonds. The number of aliphatic carboxylic acids is 1. The van der Waals surface area contributed by atoms with Crippen LogP contribution in [-0.2, 0) is 9.53 Å². The smallest absolute Gasteiger partial charge is 0.332 e. The zero-order valence-corrected chi connectivity index (χ0v) is 9.91. The molecule has 0 aromatic carbocycles. The lowest BCUT2D eigenvalue weighted by Gasteiger charge is -2.39. The molecule has 2 fully saturated rings. The molecule has 0 radical (unpaired) electrons. The Bertz CT molecular complexity index is 332. The van der Waals surface area contributed by atoms with Gasteiger partial charge in [0.2, 0.25) is 0 Å². The van der Waals surface area contributed by atoms with Gasteiger partial charge >= 0.3 is 12.0 Å². The van der Waals surface area contributed by atoms with Gasteiger partial charge in [0.05, 0.1) is 6.61 Å². The third kappa shape index (κ3) is 2.36. The van der Waals surface area contributed by atoms with Crippen molar-refractivity contribution in [3.63, 3.8) is 0 Å². The monoisotopic (exact) mass is 242 g/mol. The first-order valence-corrected chi connectivity index (χ1v) is 5.87. The molecule has 2 aliphatic rings. The van der Waals surface area contributed by atoms with Crippen LogP contribution in [0, 0.1) is 0 Å². The fourth-order valence-corrected chi connectivity index (χ4v) is 2.24. The number of rotatable bonds is 3. The Kier molecular flexibility index (Phi) is 2.99. The molecule has 96 valence electrons. The number of carboxylic acid groups (broad SMARTS) is 1. The van der Waals surface area contributed by atoms with Crippen LogP contribution in [0.25, 0.3) is 0 Å². The Hall–Kier alpha value is -1.30. The van der Waals surface area contributed by atoms with Crippen molar-refractivity contribution in [3.8, 4) is 0 Å². The summed E-state index contributed by atoms with van der Waals surface area (Å²) in [6.45, 7) is 2.37. The number of ether oxygens (including phenoxy) is 1. The molecule has 6 nitrogen and oxygen atoms in total. The molecular weight excluding hydrogens is 224 g/mol. The van der Waals surface area contributed by atoms with Gasteiger partial charge in [-0.25, -0.2) is 9.59 Å². The maximum atomic E-state index is 11.8. The minimum Gasteiger partial charge on any atom is -0.479 e. The molecule has 1 unspecified atom stereocenters. The van der Waals surface area contributed by atoms with E-state index in [2.05, 4.69) is 10.6 Å². The van der Waals surface area contributed by atoms with E-state index in [1.807, 2.05) is 6.92 Å². The molecule has 1 aliphatic heterocycles. The Labute approximate surface area is 99.7 Å². The van der Waals surface area contributed by atoms with Crippen molar-refractivity contribution < 1.29 is 19.4 Å². The summed E-state index contributed by atoms with van der Waals surface area (Å²) in [6.07, 6.45) is 3.30. The van der Waals surface area contributed by atoms with Crippen molar-refractivity contribution in [2.45, 2.75) is 43.7 Å². The van der Waals surface area contributed by atoms with E-state index in [-0.39, 0.29) is 12.1 Å². The van der Waals surface area contributed by atoms with E-state index in [1.165, 1.54) is 0 Å². The van der Waals surface area contributed by atoms with E-state index >= 15 is 0 Å². The molecule has 0 aromatic heterocycles. The lowest BCUT2D eigenvalue weighted by Crippen LogP contribution is -2.62. The fraction of sp³-hybridized carbons (Fsp3) is 0.818. The minimum absolute atomic E-state index is 0.0342. The van der Waals surface area contributed by atoms with Crippen molar-refractivity contribution in [1.82, 2.24) is 10.6 Å². The van der Waals surface area contributed by atoms with Gasteiger partial charge in [-0.2, -0.15) is 0 Å². The molecule has 6 heteroatoms. The highest BCUT2D eigenvalue weighted by Crippen LogP contribution is 2.31. The van der Waals surface area contributed by atoms with Crippen LogP contribution in [0.2, 0.25) is 0 Å². The number of hydrogen-bond donors (Lipinski definition) is 3. The van der Waals surface area contributed by atoms with Gasteiger partial charge in [-0.3, -0.25) is 0 Å². The van der Waals surface area contributed by atoms with Crippen LogP contribution >= 0.6 is 0 Å². The third-order valence-electron chi connectivity index (χ3n) is 3.66. The molecule has 2 rings (SSSR count). The van der Waals surface area contributed by atoms with Crippen LogP contribution in [0.4, 0.5) is 4.79 Å². The molecule has 0 bridgehead atoms. The van der Waals surface area contributed by atoms with Crippen LogP contribution in [0.3, 0.4) is 0 Å². The second-order valence-corrected chi connectivity index (χ2v) is 5.18. The average molecular weight is 242 g/mol. The summed E-state index contributed by atoms with van der Waals surface area (Å²) in [6, 6.07) is -0.417. The van der Waals surface area contributed by atoms with Gasteiger partial charge in [0.15, 0.2) is 5.54 Å². The number of carbonyl (C=O) groups is 2. The number of hydrogen-bond acceptors (Lipinski definition) is 3. The summed E-state index contributed by atoms with van der Waals surface area (Å²) in [5.41, 5.74) is -1.44. The standard InChI is InChI=1S/C11H18N2O4/c1-10(3-2-4-10)12-9(16)13-11(8(14)15)5-6-17-7-11/h2-7H2,1H3,(H,14,15)(H2,12,13,16). The minimum atomic E-state index is -1.26. The Morgan fingerprint density at radius 2 is 1.94 bits per heavy atom. The molecule has 0 aromatic rings. The van der Waals surface area contributed by atoms with Crippen LogP contribution in [0.5, 0.6) is 0 Å². The molecule has 1 saturated carbocycles. The number of amides is 2. The van der Waals surface area contributed by atoms with E-state index in [0.717, 1.165) is 19.3 Å². The zero-order chi connectivity index (χ0) is 12.5. The number of urea groups is 1. The van der Waals surface area contributed by atoms with E-state index in [9.17, 15) is 9.59 Å². The van der Waals surface area contributed by atoms with Crippen LogP contribution in [-0.4, -0.2) is 41.4 Å². The highest BCUT2D eigenvalue weighted by Gasteiger charge is 2.45. The average Bonchev–Trinajstić information content (AvgIpc) is 2.65. The molecule has 0 spiro atoms. The van der Waals surface area contributed by atoms with Crippen LogP contribution < -0.4 is 10.6 Å². The molecule has 1 heterocycles. The number of carbonyl (C=O) groups excluding carboxylic acids is 1. The van der Waals surface area contributed by atoms with Gasteiger partial charge in [0.1, 0.15) is 0 Å². The van der Waals surface area contributed by atoms with E-state index in [0.29, 0.717) is 13.0 Å². The molecule has 1 saturated heterocycles. The summed E-state index contributed by atoms with van der Waals surface area (Å²) in [4.78, 5) is 23.0. The van der Waals surface area contributed by atoms with E-state index in [4.69, 9.17) is 9.84 Å². The summed E-state index contributed by atoms with van der Waals surface area (Å²) >= 11 is 0. The number of carboxylic acids is 1. The molecule has 1 atom stereocenters. The van der Waals surface area contributed by atoms with Crippen molar-refractivity contribution >= 4 is 12.0 Å². The highest BCUT2D eigenvalue weighted by atomic mass is 16.5. The lowest BCUT2D eigenvalue weighted by molar-refractivity contribution is -0.144. The molecule has 17 heavy (non-hydrogen) atoms. The molecular formula is C11H18N2O4. The SMILES string of the molecule is CC1(NC(=O)NC2(C(=O)O)CCOC2)CCC1. The van der Waals surface area contributed by atoms with E-state index in [1.54, 1.807) is 0 Å². The Morgan fingerprint density at radius 3 is 2.35 bits per heavy atom. The Balaban J connectivity index is 1.94. The predicted octanol–water partition coefficient (Wildman–Crippen LogP) is 0.472. The molecule has 1 aliphatic carbocycles. The second kappa shape index (κ2) is 4.18. The maximum absolute atomic E-state index is 11.8.